The van der Waals surface area contributed by atoms with Gasteiger partial charge in [-0.2, -0.15) is 0 Å². The zero-order chi connectivity index (χ0) is 13.3. The number of hydrogen-bond acceptors (Lipinski definition) is 4. The predicted molar refractivity (Wildman–Crippen MR) is 73.8 cm³/mol. The Labute approximate surface area is 113 Å². The Balaban J connectivity index is 2.35. The van der Waals surface area contributed by atoms with Crippen molar-refractivity contribution in [2.45, 2.75) is 58.2 Å². The summed E-state index contributed by atoms with van der Waals surface area (Å²) in [6, 6.07) is 0. The van der Waals surface area contributed by atoms with Gasteiger partial charge in [0, 0.05) is 7.11 Å². The molecule has 1 N–H and O–H groups in total. The third kappa shape index (κ3) is 2.46. The van der Waals surface area contributed by atoms with Gasteiger partial charge in [0.05, 0.1) is 16.7 Å². The van der Waals surface area contributed by atoms with Crippen molar-refractivity contribution in [1.82, 2.24) is 4.98 Å². The molecule has 0 bridgehead atoms. The molecule has 2 rings (SSSR count). The van der Waals surface area contributed by atoms with Crippen LogP contribution in [0.25, 0.3) is 0 Å². The van der Waals surface area contributed by atoms with Crippen LogP contribution in [0.4, 0.5) is 0 Å². The Morgan fingerprint density at radius 2 is 2.28 bits per heavy atom. The van der Waals surface area contributed by atoms with E-state index in [0.29, 0.717) is 5.92 Å². The van der Waals surface area contributed by atoms with Crippen LogP contribution in [0.5, 0.6) is 0 Å². The van der Waals surface area contributed by atoms with Crippen molar-refractivity contribution in [2.24, 2.45) is 5.92 Å². The molecule has 3 nitrogen and oxygen atoms in total. The molecule has 1 aromatic heterocycles. The molecule has 1 aliphatic carbocycles. The van der Waals surface area contributed by atoms with E-state index in [1.807, 2.05) is 6.92 Å². The van der Waals surface area contributed by atoms with Gasteiger partial charge in [0.2, 0.25) is 0 Å². The second-order valence-corrected chi connectivity index (χ2v) is 6.58. The van der Waals surface area contributed by atoms with Crippen LogP contribution < -0.4 is 0 Å². The van der Waals surface area contributed by atoms with Gasteiger partial charge in [-0.15, -0.1) is 11.3 Å². The molecule has 18 heavy (non-hydrogen) atoms. The third-order valence-electron chi connectivity index (χ3n) is 3.95. The van der Waals surface area contributed by atoms with Crippen LogP contribution in [0.1, 0.15) is 61.2 Å². The lowest BCUT2D eigenvalue weighted by molar-refractivity contribution is -0.0581. The minimum absolute atomic E-state index is 0.222. The van der Waals surface area contributed by atoms with Crippen LogP contribution >= 0.6 is 11.3 Å². The van der Waals surface area contributed by atoms with E-state index in [0.717, 1.165) is 28.4 Å². The monoisotopic (exact) mass is 269 g/mol. The van der Waals surface area contributed by atoms with E-state index in [1.54, 1.807) is 25.4 Å². The average Bonchev–Trinajstić information content (AvgIpc) is 2.72. The summed E-state index contributed by atoms with van der Waals surface area (Å²) >= 11 is 1.61. The molecule has 0 saturated heterocycles. The van der Waals surface area contributed by atoms with E-state index in [9.17, 15) is 5.11 Å². The zero-order valence-electron chi connectivity index (χ0n) is 11.7. The Morgan fingerprint density at radius 1 is 1.56 bits per heavy atom. The highest BCUT2D eigenvalue weighted by molar-refractivity contribution is 7.12. The standard InChI is InChI=1S/C14H23NO2S/c1-9-6-5-7-14(8-9,17-4)13-15-10(2)12(18-13)11(3)16/h9,11,16H,5-8H2,1-4H3. The van der Waals surface area contributed by atoms with Crippen molar-refractivity contribution in [3.63, 3.8) is 0 Å². The normalized spacial score (nSPS) is 30.4. The number of aliphatic hydroxyl groups is 1. The Bertz CT molecular complexity index is 416. The second kappa shape index (κ2) is 5.27. The topological polar surface area (TPSA) is 42.4 Å². The van der Waals surface area contributed by atoms with Crippen molar-refractivity contribution in [3.05, 3.63) is 15.6 Å². The van der Waals surface area contributed by atoms with Gasteiger partial charge in [0.25, 0.3) is 0 Å². The molecule has 1 aromatic rings. The summed E-state index contributed by atoms with van der Waals surface area (Å²) in [6.07, 6.45) is 4.11. The quantitative estimate of drug-likeness (QED) is 0.912. The fraction of sp³-hybridized carbons (Fsp3) is 0.786. The number of methoxy groups -OCH3 is 1. The molecule has 0 spiro atoms. The highest BCUT2D eigenvalue weighted by atomic mass is 32.1. The van der Waals surface area contributed by atoms with E-state index in [1.165, 1.54) is 12.8 Å². The van der Waals surface area contributed by atoms with Crippen molar-refractivity contribution >= 4 is 11.3 Å². The Kier molecular flexibility index (Phi) is 4.09. The van der Waals surface area contributed by atoms with Crippen molar-refractivity contribution in [2.75, 3.05) is 7.11 Å². The van der Waals surface area contributed by atoms with Crippen LogP contribution in [0.3, 0.4) is 0 Å². The first-order valence-corrected chi connectivity index (χ1v) is 7.51. The van der Waals surface area contributed by atoms with E-state index in [4.69, 9.17) is 4.74 Å². The van der Waals surface area contributed by atoms with Gasteiger partial charge in [0.1, 0.15) is 10.6 Å². The predicted octanol–water partition coefficient (Wildman–Crippen LogP) is 3.56. The SMILES string of the molecule is COC1(c2nc(C)c(C(C)O)s2)CCCC(C)C1. The summed E-state index contributed by atoms with van der Waals surface area (Å²) in [5, 5.41) is 10.8. The average molecular weight is 269 g/mol. The Hall–Kier alpha value is -0.450. The molecule has 0 aliphatic heterocycles. The number of thiazole rings is 1. The largest absolute Gasteiger partial charge is 0.388 e. The smallest absolute Gasteiger partial charge is 0.125 e. The molecule has 0 radical (unpaired) electrons. The lowest BCUT2D eigenvalue weighted by Crippen LogP contribution is -2.34. The lowest BCUT2D eigenvalue weighted by Gasteiger charge is -2.37. The van der Waals surface area contributed by atoms with Crippen LogP contribution in [0.2, 0.25) is 0 Å². The number of hydrogen-bond donors (Lipinski definition) is 1. The number of aliphatic hydroxyl groups excluding tert-OH is 1. The summed E-state index contributed by atoms with van der Waals surface area (Å²) in [7, 11) is 1.79. The van der Waals surface area contributed by atoms with Gasteiger partial charge in [-0.25, -0.2) is 4.98 Å². The molecule has 1 fully saturated rings. The maximum Gasteiger partial charge on any atom is 0.125 e. The summed E-state index contributed by atoms with van der Waals surface area (Å²) in [5.74, 6) is 0.679. The fourth-order valence-electron chi connectivity index (χ4n) is 2.96. The summed E-state index contributed by atoms with van der Waals surface area (Å²) < 4.78 is 5.85. The lowest BCUT2D eigenvalue weighted by atomic mass is 9.79. The van der Waals surface area contributed by atoms with Crippen LogP contribution in [0.15, 0.2) is 0 Å². The number of rotatable bonds is 3. The maximum absolute atomic E-state index is 9.75. The van der Waals surface area contributed by atoms with E-state index in [2.05, 4.69) is 11.9 Å². The first kappa shape index (κ1) is 14.0. The molecular formula is C14H23NO2S. The number of nitrogens with zero attached hydrogens (tertiary/aromatic N) is 1. The second-order valence-electron chi connectivity index (χ2n) is 5.54. The molecule has 1 aliphatic rings. The first-order chi connectivity index (χ1) is 8.48. The molecule has 1 saturated carbocycles. The number of ether oxygens (including phenoxy) is 1. The molecule has 102 valence electrons. The van der Waals surface area contributed by atoms with Gasteiger partial charge in [0.15, 0.2) is 0 Å². The summed E-state index contributed by atoms with van der Waals surface area (Å²) in [4.78, 5) is 5.64. The molecular weight excluding hydrogens is 246 g/mol. The third-order valence-corrected chi connectivity index (χ3v) is 5.46. The maximum atomic E-state index is 9.75. The minimum Gasteiger partial charge on any atom is -0.388 e. The molecule has 3 unspecified atom stereocenters. The van der Waals surface area contributed by atoms with Crippen molar-refractivity contribution in [1.29, 1.82) is 0 Å². The summed E-state index contributed by atoms with van der Waals surface area (Å²) in [5.41, 5.74) is 0.722. The highest BCUT2D eigenvalue weighted by Crippen LogP contribution is 2.45. The van der Waals surface area contributed by atoms with Gasteiger partial charge in [-0.1, -0.05) is 13.3 Å². The molecule has 0 aromatic carbocycles. The Morgan fingerprint density at radius 3 is 2.78 bits per heavy atom. The summed E-state index contributed by atoms with van der Waals surface area (Å²) in [6.45, 7) is 6.05. The molecule has 4 heteroatoms. The van der Waals surface area contributed by atoms with Gasteiger partial charge < -0.3 is 9.84 Å². The fourth-order valence-corrected chi connectivity index (χ4v) is 4.17. The number of aryl methyl sites for hydroxylation is 1. The van der Waals surface area contributed by atoms with Crippen LogP contribution in [-0.4, -0.2) is 17.2 Å². The van der Waals surface area contributed by atoms with Crippen LogP contribution in [-0.2, 0) is 10.3 Å². The van der Waals surface area contributed by atoms with Gasteiger partial charge >= 0.3 is 0 Å². The minimum atomic E-state index is -0.439. The zero-order valence-corrected chi connectivity index (χ0v) is 12.5. The molecule has 1 heterocycles. The van der Waals surface area contributed by atoms with Crippen LogP contribution in [0, 0.1) is 12.8 Å². The highest BCUT2D eigenvalue weighted by Gasteiger charge is 2.39. The van der Waals surface area contributed by atoms with Gasteiger partial charge in [-0.3, -0.25) is 0 Å². The van der Waals surface area contributed by atoms with E-state index < -0.39 is 6.10 Å². The van der Waals surface area contributed by atoms with Crippen molar-refractivity contribution < 1.29 is 9.84 Å². The van der Waals surface area contributed by atoms with E-state index >= 15 is 0 Å². The van der Waals surface area contributed by atoms with E-state index in [-0.39, 0.29) is 5.60 Å². The van der Waals surface area contributed by atoms with Gasteiger partial charge in [-0.05, 0) is 39.0 Å². The van der Waals surface area contributed by atoms with Crippen molar-refractivity contribution in [3.8, 4) is 0 Å². The molecule has 3 atom stereocenters. The number of aromatic nitrogens is 1. The molecule has 0 amide bonds. The first-order valence-electron chi connectivity index (χ1n) is 6.69.